The fourth-order valence-corrected chi connectivity index (χ4v) is 3.05. The third-order valence-corrected chi connectivity index (χ3v) is 4.13. The number of nitrogens with zero attached hydrogens (tertiary/aromatic N) is 2. The Morgan fingerprint density at radius 1 is 1.42 bits per heavy atom. The molecule has 1 aliphatic rings. The molecule has 3 rings (SSSR count). The third kappa shape index (κ3) is 2.68. The number of hydrogen-bond donors (Lipinski definition) is 2. The molecule has 1 aliphatic heterocycles. The van der Waals surface area contributed by atoms with Crippen molar-refractivity contribution in [3.8, 4) is 0 Å². The number of carbonyl (C=O) groups is 1. The molecule has 19 heavy (non-hydrogen) atoms. The van der Waals surface area contributed by atoms with Crippen LogP contribution in [0.5, 0.6) is 0 Å². The van der Waals surface area contributed by atoms with Gasteiger partial charge in [-0.1, -0.05) is 11.8 Å². The maximum Gasteiger partial charge on any atom is 0.233 e. The standard InChI is InChI=1S/C13H16N4OS/c14-9-3-4-10-11(7-9)16-13(15-10)19-8-12(18)17-5-1-2-6-17/h3-4,7H,1-2,5-6,8,14H2,(H,15,16). The molecule has 0 atom stereocenters. The molecule has 100 valence electrons. The highest BCUT2D eigenvalue weighted by Gasteiger charge is 2.18. The molecular formula is C13H16N4OS. The number of amides is 1. The maximum atomic E-state index is 11.9. The van der Waals surface area contributed by atoms with E-state index in [2.05, 4.69) is 9.97 Å². The first-order valence-electron chi connectivity index (χ1n) is 6.38. The Kier molecular flexibility index (Phi) is 3.33. The Balaban J connectivity index is 1.66. The van der Waals surface area contributed by atoms with E-state index in [1.54, 1.807) is 0 Å². The molecule has 6 heteroatoms. The number of aromatic nitrogens is 2. The van der Waals surface area contributed by atoms with Gasteiger partial charge in [0.15, 0.2) is 5.16 Å². The number of nitrogens with two attached hydrogens (primary N) is 1. The number of benzene rings is 1. The Bertz CT molecular complexity index is 604. The summed E-state index contributed by atoms with van der Waals surface area (Å²) in [7, 11) is 0. The van der Waals surface area contributed by atoms with Crippen LogP contribution in [0.4, 0.5) is 5.69 Å². The molecule has 0 aliphatic carbocycles. The number of nitrogens with one attached hydrogen (secondary N) is 1. The lowest BCUT2D eigenvalue weighted by atomic mass is 10.3. The molecule has 0 bridgehead atoms. The zero-order valence-corrected chi connectivity index (χ0v) is 11.4. The van der Waals surface area contributed by atoms with Gasteiger partial charge >= 0.3 is 0 Å². The summed E-state index contributed by atoms with van der Waals surface area (Å²) in [4.78, 5) is 21.5. The average molecular weight is 276 g/mol. The predicted octanol–water partition coefficient (Wildman–Crippen LogP) is 1.86. The molecule has 1 aromatic carbocycles. The monoisotopic (exact) mass is 276 g/mol. The van der Waals surface area contributed by atoms with Gasteiger partial charge in [-0.25, -0.2) is 4.98 Å². The number of H-pyrrole nitrogens is 1. The van der Waals surface area contributed by atoms with Gasteiger partial charge in [-0.05, 0) is 31.0 Å². The lowest BCUT2D eigenvalue weighted by molar-refractivity contribution is -0.127. The van der Waals surface area contributed by atoms with Crippen LogP contribution in [-0.4, -0.2) is 39.6 Å². The summed E-state index contributed by atoms with van der Waals surface area (Å²) in [6, 6.07) is 5.56. The van der Waals surface area contributed by atoms with Gasteiger partial charge in [0.2, 0.25) is 5.91 Å². The van der Waals surface area contributed by atoms with Crippen LogP contribution in [0.1, 0.15) is 12.8 Å². The van der Waals surface area contributed by atoms with E-state index in [0.29, 0.717) is 11.4 Å². The second-order valence-electron chi connectivity index (χ2n) is 4.70. The largest absolute Gasteiger partial charge is 0.399 e. The molecule has 2 heterocycles. The smallest absolute Gasteiger partial charge is 0.233 e. The second-order valence-corrected chi connectivity index (χ2v) is 5.66. The zero-order valence-electron chi connectivity index (χ0n) is 10.6. The van der Waals surface area contributed by atoms with Gasteiger partial charge in [0.25, 0.3) is 0 Å². The van der Waals surface area contributed by atoms with Crippen molar-refractivity contribution in [3.05, 3.63) is 18.2 Å². The molecule has 0 spiro atoms. The molecule has 0 saturated carbocycles. The molecule has 1 aromatic heterocycles. The summed E-state index contributed by atoms with van der Waals surface area (Å²) in [6.45, 7) is 1.80. The van der Waals surface area contributed by atoms with Crippen molar-refractivity contribution in [2.24, 2.45) is 0 Å². The third-order valence-electron chi connectivity index (χ3n) is 3.28. The van der Waals surface area contributed by atoms with Crippen LogP contribution in [0.2, 0.25) is 0 Å². The van der Waals surface area contributed by atoms with Crippen LogP contribution in [0.15, 0.2) is 23.4 Å². The van der Waals surface area contributed by atoms with Crippen LogP contribution >= 0.6 is 11.8 Å². The van der Waals surface area contributed by atoms with E-state index in [1.807, 2.05) is 23.1 Å². The first-order valence-corrected chi connectivity index (χ1v) is 7.37. The summed E-state index contributed by atoms with van der Waals surface area (Å²) in [5.41, 5.74) is 8.22. The number of fused-ring (bicyclic) bond motifs is 1. The number of nitrogen functional groups attached to an aromatic ring is 1. The molecule has 2 aromatic rings. The van der Waals surface area contributed by atoms with Crippen molar-refractivity contribution in [1.29, 1.82) is 0 Å². The first kappa shape index (κ1) is 12.3. The van der Waals surface area contributed by atoms with Crippen LogP contribution in [0.3, 0.4) is 0 Å². The molecule has 1 fully saturated rings. The molecule has 0 unspecified atom stereocenters. The van der Waals surface area contributed by atoms with E-state index in [1.165, 1.54) is 11.8 Å². The van der Waals surface area contributed by atoms with E-state index >= 15 is 0 Å². The summed E-state index contributed by atoms with van der Waals surface area (Å²) in [5, 5.41) is 0.771. The van der Waals surface area contributed by atoms with Gasteiger partial charge in [-0.2, -0.15) is 0 Å². The van der Waals surface area contributed by atoms with Crippen LogP contribution < -0.4 is 5.73 Å². The molecule has 3 N–H and O–H groups in total. The van der Waals surface area contributed by atoms with Crippen molar-refractivity contribution in [3.63, 3.8) is 0 Å². The summed E-state index contributed by atoms with van der Waals surface area (Å²) < 4.78 is 0. The number of rotatable bonds is 3. The second kappa shape index (κ2) is 5.13. The van der Waals surface area contributed by atoms with E-state index in [9.17, 15) is 4.79 Å². The summed E-state index contributed by atoms with van der Waals surface area (Å²) in [6.07, 6.45) is 2.25. The van der Waals surface area contributed by atoms with Gasteiger partial charge in [0.1, 0.15) is 0 Å². The molecule has 1 saturated heterocycles. The summed E-state index contributed by atoms with van der Waals surface area (Å²) in [5.74, 6) is 0.637. The van der Waals surface area contributed by atoms with Crippen LogP contribution in [-0.2, 0) is 4.79 Å². The van der Waals surface area contributed by atoms with Gasteiger partial charge in [0, 0.05) is 18.8 Å². The number of carbonyl (C=O) groups excluding carboxylic acids is 1. The quantitative estimate of drug-likeness (QED) is 0.663. The number of imidazole rings is 1. The van der Waals surface area contributed by atoms with E-state index in [-0.39, 0.29) is 5.91 Å². The van der Waals surface area contributed by atoms with Crippen molar-refractivity contribution in [2.45, 2.75) is 18.0 Å². The van der Waals surface area contributed by atoms with Gasteiger partial charge in [-0.3, -0.25) is 4.79 Å². The maximum absolute atomic E-state index is 11.9. The highest BCUT2D eigenvalue weighted by Crippen LogP contribution is 2.22. The molecule has 5 nitrogen and oxygen atoms in total. The van der Waals surface area contributed by atoms with Crippen molar-refractivity contribution < 1.29 is 4.79 Å². The number of aromatic amines is 1. The van der Waals surface area contributed by atoms with Crippen LogP contribution in [0, 0.1) is 0 Å². The molecule has 0 radical (unpaired) electrons. The number of likely N-dealkylation sites (tertiary alicyclic amines) is 1. The first-order chi connectivity index (χ1) is 9.22. The molecular weight excluding hydrogens is 260 g/mol. The Hall–Kier alpha value is -1.69. The minimum Gasteiger partial charge on any atom is -0.399 e. The Morgan fingerprint density at radius 2 is 2.21 bits per heavy atom. The minimum atomic E-state index is 0.197. The van der Waals surface area contributed by atoms with E-state index in [4.69, 9.17) is 5.73 Å². The number of thioether (sulfide) groups is 1. The molecule has 1 amide bonds. The minimum absolute atomic E-state index is 0.197. The van der Waals surface area contributed by atoms with Gasteiger partial charge in [-0.15, -0.1) is 0 Å². The Labute approximate surface area is 115 Å². The normalized spacial score (nSPS) is 15.3. The topological polar surface area (TPSA) is 75.0 Å². The summed E-state index contributed by atoms with van der Waals surface area (Å²) >= 11 is 1.45. The van der Waals surface area contributed by atoms with Crippen molar-refractivity contribution in [2.75, 3.05) is 24.6 Å². The average Bonchev–Trinajstić information content (AvgIpc) is 3.04. The lowest BCUT2D eigenvalue weighted by Gasteiger charge is -2.13. The number of anilines is 1. The van der Waals surface area contributed by atoms with Crippen molar-refractivity contribution >= 4 is 34.4 Å². The van der Waals surface area contributed by atoms with E-state index in [0.717, 1.165) is 42.1 Å². The predicted molar refractivity (Wildman–Crippen MR) is 77.0 cm³/mol. The van der Waals surface area contributed by atoms with E-state index < -0.39 is 0 Å². The Morgan fingerprint density at radius 3 is 3.00 bits per heavy atom. The lowest BCUT2D eigenvalue weighted by Crippen LogP contribution is -2.29. The number of hydrogen-bond acceptors (Lipinski definition) is 4. The fraction of sp³-hybridized carbons (Fsp3) is 0.385. The zero-order chi connectivity index (χ0) is 13.2. The van der Waals surface area contributed by atoms with Gasteiger partial charge < -0.3 is 15.6 Å². The van der Waals surface area contributed by atoms with Crippen molar-refractivity contribution in [1.82, 2.24) is 14.9 Å². The SMILES string of the molecule is Nc1ccc2nc(SCC(=O)N3CCCC3)[nH]c2c1. The van der Waals surface area contributed by atoms with Crippen LogP contribution in [0.25, 0.3) is 11.0 Å². The highest BCUT2D eigenvalue weighted by molar-refractivity contribution is 7.99. The van der Waals surface area contributed by atoms with Gasteiger partial charge in [0.05, 0.1) is 16.8 Å². The fourth-order valence-electron chi connectivity index (χ4n) is 2.26. The highest BCUT2D eigenvalue weighted by atomic mass is 32.2.